The quantitative estimate of drug-likeness (QED) is 0.583. The van der Waals surface area contributed by atoms with Crippen LogP contribution in [0.2, 0.25) is 0 Å². The van der Waals surface area contributed by atoms with Crippen molar-refractivity contribution < 1.29 is 0 Å². The van der Waals surface area contributed by atoms with Crippen LogP contribution in [0.4, 0.5) is 0 Å². The first-order valence-corrected chi connectivity index (χ1v) is 4.89. The topological polar surface area (TPSA) is 23.8 Å². The van der Waals surface area contributed by atoms with E-state index in [-0.39, 0.29) is 0 Å². The molecule has 0 spiro atoms. The van der Waals surface area contributed by atoms with Crippen LogP contribution in [0.3, 0.4) is 0 Å². The van der Waals surface area contributed by atoms with E-state index in [0.29, 0.717) is 6.42 Å². The molecule has 0 rings (SSSR count). The highest BCUT2D eigenvalue weighted by atomic mass is 14.2. The van der Waals surface area contributed by atoms with Gasteiger partial charge in [-0.2, -0.15) is 5.26 Å². The van der Waals surface area contributed by atoms with E-state index in [1.54, 1.807) is 0 Å². The molecule has 0 bridgehead atoms. The number of hydrogen-bond acceptors (Lipinski definition) is 1. The van der Waals surface area contributed by atoms with E-state index in [1.807, 2.05) is 6.08 Å². The molecule has 0 aliphatic heterocycles. The van der Waals surface area contributed by atoms with Crippen molar-refractivity contribution >= 4 is 0 Å². The van der Waals surface area contributed by atoms with Crippen LogP contribution in [0.25, 0.3) is 0 Å². The molecule has 0 unspecified atom stereocenters. The van der Waals surface area contributed by atoms with Crippen molar-refractivity contribution in [1.82, 2.24) is 0 Å². The minimum atomic E-state index is 0.544. The summed E-state index contributed by atoms with van der Waals surface area (Å²) in [7, 11) is 0. The molecule has 0 aromatic rings. The highest BCUT2D eigenvalue weighted by Crippen LogP contribution is 2.08. The summed E-state index contributed by atoms with van der Waals surface area (Å²) in [5.74, 6) is 0. The number of nitrogens with zero attached hydrogens (tertiary/aromatic N) is 1. The van der Waals surface area contributed by atoms with Crippen LogP contribution >= 0.6 is 0 Å². The Balaban J connectivity index is 3.71. The third-order valence-corrected chi connectivity index (χ3v) is 2.13. The van der Waals surface area contributed by atoms with Gasteiger partial charge in [0, 0.05) is 0 Å². The number of nitriles is 1. The first kappa shape index (κ1) is 12.0. The molecule has 72 valence electrons. The molecule has 0 radical (unpaired) electrons. The standard InChI is InChI=1S/C12H19N/c1-4-11(2)7-5-8-12(3)9-6-10-13/h7,9H,4-6,8H2,1-3H3. The van der Waals surface area contributed by atoms with Crippen LogP contribution in [0.5, 0.6) is 0 Å². The van der Waals surface area contributed by atoms with Gasteiger partial charge in [0.15, 0.2) is 0 Å². The van der Waals surface area contributed by atoms with Gasteiger partial charge in [-0.05, 0) is 33.1 Å². The van der Waals surface area contributed by atoms with Gasteiger partial charge in [0.25, 0.3) is 0 Å². The molecule has 0 N–H and O–H groups in total. The first-order chi connectivity index (χ1) is 6.20. The van der Waals surface area contributed by atoms with Crippen LogP contribution in [0, 0.1) is 11.3 Å². The van der Waals surface area contributed by atoms with E-state index in [2.05, 4.69) is 32.9 Å². The van der Waals surface area contributed by atoms with Gasteiger partial charge in [-0.15, -0.1) is 0 Å². The van der Waals surface area contributed by atoms with Crippen LogP contribution in [0.15, 0.2) is 23.3 Å². The van der Waals surface area contributed by atoms with Gasteiger partial charge in [0.05, 0.1) is 12.5 Å². The van der Waals surface area contributed by atoms with Gasteiger partial charge in [0.1, 0.15) is 0 Å². The summed E-state index contributed by atoms with van der Waals surface area (Å²) in [4.78, 5) is 0. The highest BCUT2D eigenvalue weighted by molar-refractivity contribution is 5.05. The lowest BCUT2D eigenvalue weighted by atomic mass is 10.1. The van der Waals surface area contributed by atoms with Crippen molar-refractivity contribution in [3.05, 3.63) is 23.3 Å². The minimum Gasteiger partial charge on any atom is -0.198 e. The second-order valence-corrected chi connectivity index (χ2v) is 3.36. The van der Waals surface area contributed by atoms with Crippen molar-refractivity contribution in [2.75, 3.05) is 0 Å². The van der Waals surface area contributed by atoms with Gasteiger partial charge in [0.2, 0.25) is 0 Å². The average Bonchev–Trinajstić information content (AvgIpc) is 2.14. The van der Waals surface area contributed by atoms with Crippen LogP contribution in [-0.2, 0) is 0 Å². The van der Waals surface area contributed by atoms with E-state index in [0.717, 1.165) is 19.3 Å². The van der Waals surface area contributed by atoms with Gasteiger partial charge in [-0.3, -0.25) is 0 Å². The third-order valence-electron chi connectivity index (χ3n) is 2.13. The Morgan fingerprint density at radius 3 is 2.46 bits per heavy atom. The zero-order chi connectivity index (χ0) is 10.1. The molecule has 0 saturated carbocycles. The Kier molecular flexibility index (Phi) is 7.01. The van der Waals surface area contributed by atoms with Gasteiger partial charge in [-0.25, -0.2) is 0 Å². The molecule has 0 amide bonds. The molecule has 0 atom stereocenters. The van der Waals surface area contributed by atoms with Crippen molar-refractivity contribution in [2.45, 2.75) is 46.5 Å². The molecule has 0 aliphatic rings. The summed E-state index contributed by atoms with van der Waals surface area (Å²) >= 11 is 0. The van der Waals surface area contributed by atoms with E-state index >= 15 is 0 Å². The summed E-state index contributed by atoms with van der Waals surface area (Å²) in [6.07, 6.45) is 8.16. The smallest absolute Gasteiger partial charge is 0.0663 e. The molecule has 0 aliphatic carbocycles. The zero-order valence-corrected chi connectivity index (χ0v) is 8.93. The SMILES string of the molecule is CCC(C)=CCCC(C)=CCC#N. The third kappa shape index (κ3) is 7.33. The Labute approximate surface area is 81.8 Å². The maximum atomic E-state index is 8.36. The molecule has 13 heavy (non-hydrogen) atoms. The molecule has 0 heterocycles. The average molecular weight is 177 g/mol. The number of allylic oxidation sites excluding steroid dienone is 4. The normalized spacial score (nSPS) is 12.8. The van der Waals surface area contributed by atoms with E-state index < -0.39 is 0 Å². The van der Waals surface area contributed by atoms with Crippen molar-refractivity contribution in [1.29, 1.82) is 5.26 Å². The summed E-state index contributed by atoms with van der Waals surface area (Å²) in [6.45, 7) is 6.42. The largest absolute Gasteiger partial charge is 0.198 e. The van der Waals surface area contributed by atoms with E-state index in [9.17, 15) is 0 Å². The van der Waals surface area contributed by atoms with E-state index in [4.69, 9.17) is 5.26 Å². The Hall–Kier alpha value is -1.03. The summed E-state index contributed by atoms with van der Waals surface area (Å²) < 4.78 is 0. The Morgan fingerprint density at radius 1 is 1.23 bits per heavy atom. The molecular formula is C12H19N. The first-order valence-electron chi connectivity index (χ1n) is 4.89. The summed E-state index contributed by atoms with van der Waals surface area (Å²) in [5, 5.41) is 8.36. The summed E-state index contributed by atoms with van der Waals surface area (Å²) in [6, 6.07) is 2.12. The number of rotatable bonds is 5. The second kappa shape index (κ2) is 7.61. The molecule has 1 nitrogen and oxygen atoms in total. The molecule has 0 fully saturated rings. The maximum absolute atomic E-state index is 8.36. The molecule has 0 aromatic carbocycles. The van der Waals surface area contributed by atoms with Crippen LogP contribution < -0.4 is 0 Å². The van der Waals surface area contributed by atoms with Gasteiger partial charge < -0.3 is 0 Å². The Morgan fingerprint density at radius 2 is 1.92 bits per heavy atom. The van der Waals surface area contributed by atoms with Crippen molar-refractivity contribution in [3.63, 3.8) is 0 Å². The fourth-order valence-corrected chi connectivity index (χ4v) is 1.01. The lowest BCUT2D eigenvalue weighted by Gasteiger charge is -1.98. The Bertz CT molecular complexity index is 228. The van der Waals surface area contributed by atoms with Crippen LogP contribution in [0.1, 0.15) is 46.5 Å². The zero-order valence-electron chi connectivity index (χ0n) is 8.93. The monoisotopic (exact) mass is 177 g/mol. The fourth-order valence-electron chi connectivity index (χ4n) is 1.01. The highest BCUT2D eigenvalue weighted by Gasteiger charge is 1.88. The second-order valence-electron chi connectivity index (χ2n) is 3.36. The van der Waals surface area contributed by atoms with Gasteiger partial charge >= 0.3 is 0 Å². The molecular weight excluding hydrogens is 158 g/mol. The molecule has 0 aromatic heterocycles. The van der Waals surface area contributed by atoms with Crippen molar-refractivity contribution in [2.24, 2.45) is 0 Å². The number of hydrogen-bond donors (Lipinski definition) is 0. The predicted molar refractivity (Wildman–Crippen MR) is 57.3 cm³/mol. The van der Waals surface area contributed by atoms with E-state index in [1.165, 1.54) is 11.1 Å². The lowest BCUT2D eigenvalue weighted by molar-refractivity contribution is 0.944. The predicted octanol–water partition coefficient (Wildman–Crippen LogP) is 3.98. The lowest BCUT2D eigenvalue weighted by Crippen LogP contribution is -1.78. The van der Waals surface area contributed by atoms with Crippen molar-refractivity contribution in [3.8, 4) is 6.07 Å². The minimum absolute atomic E-state index is 0.544. The molecule has 1 heteroatoms. The summed E-state index contributed by atoms with van der Waals surface area (Å²) in [5.41, 5.74) is 2.77. The fraction of sp³-hybridized carbons (Fsp3) is 0.583. The molecule has 0 saturated heterocycles. The van der Waals surface area contributed by atoms with Crippen LogP contribution in [-0.4, -0.2) is 0 Å². The van der Waals surface area contributed by atoms with Gasteiger partial charge in [-0.1, -0.05) is 30.2 Å². The maximum Gasteiger partial charge on any atom is 0.0663 e.